The van der Waals surface area contributed by atoms with Gasteiger partial charge in [-0.2, -0.15) is 0 Å². The van der Waals surface area contributed by atoms with E-state index in [0.29, 0.717) is 12.2 Å². The molecule has 0 aliphatic carbocycles. The molecule has 1 N–H and O–H groups in total. The number of rotatable bonds is 12. The Morgan fingerprint density at radius 2 is 2.12 bits per heavy atom. The third kappa shape index (κ3) is 6.97. The second-order valence-electron chi connectivity index (χ2n) is 5.84. The van der Waals surface area contributed by atoms with E-state index >= 15 is 0 Å². The second kappa shape index (κ2) is 11.0. The predicted molar refractivity (Wildman–Crippen MR) is 99.5 cm³/mol. The summed E-state index contributed by atoms with van der Waals surface area (Å²) >= 11 is 1.59. The van der Waals surface area contributed by atoms with Gasteiger partial charge in [-0.25, -0.2) is 0 Å². The molecule has 0 saturated heterocycles. The predicted octanol–water partition coefficient (Wildman–Crippen LogP) is 3.16. The van der Waals surface area contributed by atoms with Crippen molar-refractivity contribution in [2.24, 2.45) is 0 Å². The molecule has 0 aliphatic heterocycles. The van der Waals surface area contributed by atoms with Crippen molar-refractivity contribution in [3.63, 3.8) is 0 Å². The van der Waals surface area contributed by atoms with Gasteiger partial charge in [0.1, 0.15) is 12.3 Å². The topological polar surface area (TPSA) is 67.6 Å². The number of hydrogen-bond acceptors (Lipinski definition) is 6. The lowest BCUT2D eigenvalue weighted by Gasteiger charge is -2.20. The van der Waals surface area contributed by atoms with Crippen molar-refractivity contribution < 1.29 is 14.1 Å². The Hall–Kier alpha value is -1.70. The van der Waals surface area contributed by atoms with Crippen molar-refractivity contribution in [1.82, 2.24) is 15.4 Å². The van der Waals surface area contributed by atoms with Crippen LogP contribution in [0.4, 0.5) is 0 Å². The van der Waals surface area contributed by atoms with Gasteiger partial charge in [0.15, 0.2) is 5.76 Å². The molecule has 7 heteroatoms. The van der Waals surface area contributed by atoms with Crippen molar-refractivity contribution >= 4 is 17.2 Å². The van der Waals surface area contributed by atoms with Gasteiger partial charge in [0, 0.05) is 19.2 Å². The summed E-state index contributed by atoms with van der Waals surface area (Å²) in [4.78, 5) is 15.2. The summed E-state index contributed by atoms with van der Waals surface area (Å²) in [7, 11) is 0. The molecule has 1 amide bonds. The zero-order valence-corrected chi connectivity index (χ0v) is 15.8. The molecule has 0 bridgehead atoms. The van der Waals surface area contributed by atoms with Crippen LogP contribution >= 0.6 is 11.3 Å². The van der Waals surface area contributed by atoms with Crippen LogP contribution in [0.3, 0.4) is 0 Å². The highest BCUT2D eigenvalue weighted by Crippen LogP contribution is 2.25. The van der Waals surface area contributed by atoms with E-state index < -0.39 is 0 Å². The monoisotopic (exact) mass is 365 g/mol. The van der Waals surface area contributed by atoms with Crippen LogP contribution in [0.2, 0.25) is 0 Å². The van der Waals surface area contributed by atoms with Crippen LogP contribution in [-0.2, 0) is 16.1 Å². The largest absolute Gasteiger partial charge is 0.365 e. The zero-order valence-electron chi connectivity index (χ0n) is 15.0. The molecule has 138 valence electrons. The molecular formula is C18H27N3O3S. The third-order valence-electron chi connectivity index (χ3n) is 3.64. The quantitative estimate of drug-likeness (QED) is 0.626. The maximum Gasteiger partial charge on any atom is 0.246 e. The molecule has 2 rings (SSSR count). The number of aromatic nitrogens is 1. The van der Waals surface area contributed by atoms with Crippen LogP contribution in [0, 0.1) is 0 Å². The molecule has 0 aliphatic rings. The van der Waals surface area contributed by atoms with Gasteiger partial charge < -0.3 is 19.5 Å². The fourth-order valence-corrected chi connectivity index (χ4v) is 3.21. The van der Waals surface area contributed by atoms with E-state index in [4.69, 9.17) is 9.26 Å². The molecule has 6 nitrogen and oxygen atoms in total. The molecule has 2 aromatic rings. The van der Waals surface area contributed by atoms with Crippen LogP contribution < -0.4 is 5.32 Å². The van der Waals surface area contributed by atoms with Crippen LogP contribution in [-0.4, -0.2) is 48.7 Å². The molecule has 0 spiro atoms. The standard InChI is InChI=1S/C18H27N3O3S/c1-3-8-21(9-4-2)10-7-19-18(22)14-23-13-15-12-16(24-20-15)17-6-5-11-25-17/h5-6,11-12H,3-4,7-10,13-14H2,1-2H3,(H,19,22). The first-order valence-electron chi connectivity index (χ1n) is 8.79. The Morgan fingerprint density at radius 3 is 2.80 bits per heavy atom. The maximum absolute atomic E-state index is 11.8. The molecule has 0 unspecified atom stereocenters. The number of ether oxygens (including phenoxy) is 1. The molecule has 0 fully saturated rings. The number of nitrogens with zero attached hydrogens (tertiary/aromatic N) is 2. The van der Waals surface area contributed by atoms with Gasteiger partial charge in [-0.15, -0.1) is 11.3 Å². The van der Waals surface area contributed by atoms with Gasteiger partial charge in [0.2, 0.25) is 5.91 Å². The Morgan fingerprint density at radius 1 is 1.32 bits per heavy atom. The van der Waals surface area contributed by atoms with Crippen LogP contribution in [0.1, 0.15) is 32.4 Å². The normalized spacial score (nSPS) is 11.2. The lowest BCUT2D eigenvalue weighted by Crippen LogP contribution is -2.37. The maximum atomic E-state index is 11.8. The van der Waals surface area contributed by atoms with Gasteiger partial charge in [0.05, 0.1) is 11.5 Å². The average Bonchev–Trinajstić information content (AvgIpc) is 3.26. The van der Waals surface area contributed by atoms with Gasteiger partial charge in [-0.1, -0.05) is 25.1 Å². The van der Waals surface area contributed by atoms with Gasteiger partial charge in [-0.3, -0.25) is 4.79 Å². The van der Waals surface area contributed by atoms with Gasteiger partial charge in [-0.05, 0) is 37.4 Å². The highest BCUT2D eigenvalue weighted by atomic mass is 32.1. The summed E-state index contributed by atoms with van der Waals surface area (Å²) in [5.41, 5.74) is 0.688. The van der Waals surface area contributed by atoms with E-state index in [1.54, 1.807) is 11.3 Å². The number of carbonyl (C=O) groups is 1. The Balaban J connectivity index is 1.62. The molecule has 2 heterocycles. The number of hydrogen-bond donors (Lipinski definition) is 1. The highest BCUT2D eigenvalue weighted by Gasteiger charge is 2.09. The summed E-state index contributed by atoms with van der Waals surface area (Å²) in [5, 5.41) is 8.85. The third-order valence-corrected chi connectivity index (χ3v) is 4.52. The molecule has 25 heavy (non-hydrogen) atoms. The SMILES string of the molecule is CCCN(CCC)CCNC(=O)COCc1cc(-c2cccs2)on1. The minimum atomic E-state index is -0.102. The van der Waals surface area contributed by atoms with Crippen molar-refractivity contribution in [3.8, 4) is 10.6 Å². The lowest BCUT2D eigenvalue weighted by atomic mass is 10.3. The Bertz CT molecular complexity index is 607. The molecule has 0 radical (unpaired) electrons. The molecular weight excluding hydrogens is 338 g/mol. The van der Waals surface area contributed by atoms with Crippen molar-refractivity contribution in [2.45, 2.75) is 33.3 Å². The first-order chi connectivity index (χ1) is 12.2. The van der Waals surface area contributed by atoms with E-state index in [1.807, 2.05) is 23.6 Å². The summed E-state index contributed by atoms with van der Waals surface area (Å²) < 4.78 is 10.7. The summed E-state index contributed by atoms with van der Waals surface area (Å²) in [6.07, 6.45) is 2.25. The fraction of sp³-hybridized carbons (Fsp3) is 0.556. The van der Waals surface area contributed by atoms with Crippen LogP contribution in [0.15, 0.2) is 28.1 Å². The van der Waals surface area contributed by atoms with Crippen LogP contribution in [0.25, 0.3) is 10.6 Å². The van der Waals surface area contributed by atoms with E-state index in [2.05, 4.69) is 29.2 Å². The van der Waals surface area contributed by atoms with Gasteiger partial charge in [0.25, 0.3) is 0 Å². The molecule has 0 saturated carbocycles. The average molecular weight is 365 g/mol. The van der Waals surface area contributed by atoms with E-state index in [0.717, 1.165) is 43.1 Å². The fourth-order valence-electron chi connectivity index (χ4n) is 2.54. The van der Waals surface area contributed by atoms with E-state index in [9.17, 15) is 4.79 Å². The molecule has 0 aromatic carbocycles. The van der Waals surface area contributed by atoms with Crippen molar-refractivity contribution in [1.29, 1.82) is 0 Å². The molecule has 2 aromatic heterocycles. The van der Waals surface area contributed by atoms with Crippen LogP contribution in [0.5, 0.6) is 0 Å². The summed E-state index contributed by atoms with van der Waals surface area (Å²) in [6, 6.07) is 5.78. The Kier molecular flexibility index (Phi) is 8.65. The first-order valence-corrected chi connectivity index (χ1v) is 9.67. The van der Waals surface area contributed by atoms with Gasteiger partial charge >= 0.3 is 0 Å². The highest BCUT2D eigenvalue weighted by molar-refractivity contribution is 7.13. The Labute approximate surface area is 153 Å². The minimum absolute atomic E-state index is 0.0305. The second-order valence-corrected chi connectivity index (χ2v) is 6.79. The zero-order chi connectivity index (χ0) is 17.9. The number of nitrogens with one attached hydrogen (secondary N) is 1. The van der Waals surface area contributed by atoms with Crippen molar-refractivity contribution in [3.05, 3.63) is 29.3 Å². The number of carbonyl (C=O) groups excluding carboxylic acids is 1. The van der Waals surface area contributed by atoms with Crippen molar-refractivity contribution in [2.75, 3.05) is 32.8 Å². The molecule has 0 atom stereocenters. The smallest absolute Gasteiger partial charge is 0.246 e. The minimum Gasteiger partial charge on any atom is -0.365 e. The number of amides is 1. The van der Waals surface area contributed by atoms with E-state index in [1.165, 1.54) is 0 Å². The first kappa shape index (κ1) is 19.6. The van der Waals surface area contributed by atoms with E-state index in [-0.39, 0.29) is 19.1 Å². The summed E-state index contributed by atoms with van der Waals surface area (Å²) in [5.74, 6) is 0.625. The lowest BCUT2D eigenvalue weighted by molar-refractivity contribution is -0.126. The summed E-state index contributed by atoms with van der Waals surface area (Å²) in [6.45, 7) is 8.29. The number of thiophene rings is 1.